The van der Waals surface area contributed by atoms with Gasteiger partial charge in [0, 0.05) is 19.1 Å². The lowest BCUT2D eigenvalue weighted by Gasteiger charge is -2.33. The van der Waals surface area contributed by atoms with Crippen LogP contribution in [-0.2, 0) is 0 Å². The molecule has 1 N–H and O–H groups in total. The molecule has 2 heteroatoms. The Morgan fingerprint density at radius 3 is 2.68 bits per heavy atom. The predicted octanol–water partition coefficient (Wildman–Crippen LogP) is 3.52. The lowest BCUT2D eigenvalue weighted by atomic mass is 9.84. The van der Waals surface area contributed by atoms with Gasteiger partial charge in [0.05, 0.1) is 0 Å². The van der Waals surface area contributed by atoms with Crippen LogP contribution >= 0.6 is 0 Å². The van der Waals surface area contributed by atoms with E-state index >= 15 is 0 Å². The average molecular weight is 266 g/mol. The summed E-state index contributed by atoms with van der Waals surface area (Å²) in [4.78, 5) is 2.75. The van der Waals surface area contributed by atoms with Crippen molar-refractivity contribution < 1.29 is 0 Å². The third kappa shape index (κ3) is 3.72. The molecule has 0 aromatic carbocycles. The molecule has 19 heavy (non-hydrogen) atoms. The number of nitrogens with zero attached hydrogens (tertiary/aromatic N) is 1. The number of hydrogen-bond donors (Lipinski definition) is 1. The van der Waals surface area contributed by atoms with Crippen LogP contribution in [0.25, 0.3) is 0 Å². The van der Waals surface area contributed by atoms with Gasteiger partial charge in [0.2, 0.25) is 0 Å². The SMILES string of the molecule is CCCC1CCN(CC2CCC(C)(C)C2NCC)C1. The minimum Gasteiger partial charge on any atom is -0.313 e. The van der Waals surface area contributed by atoms with E-state index in [4.69, 9.17) is 0 Å². The maximum atomic E-state index is 3.77. The van der Waals surface area contributed by atoms with Crippen LogP contribution in [0.3, 0.4) is 0 Å². The summed E-state index contributed by atoms with van der Waals surface area (Å²) in [5, 5.41) is 3.77. The third-order valence-corrected chi connectivity index (χ3v) is 5.46. The van der Waals surface area contributed by atoms with Gasteiger partial charge in [-0.1, -0.05) is 34.1 Å². The van der Waals surface area contributed by atoms with Crippen LogP contribution in [0, 0.1) is 17.3 Å². The molecule has 1 aliphatic heterocycles. The summed E-state index contributed by atoms with van der Waals surface area (Å²) in [5.41, 5.74) is 0.489. The van der Waals surface area contributed by atoms with Crippen LogP contribution in [0.5, 0.6) is 0 Å². The first-order valence-corrected chi connectivity index (χ1v) is 8.52. The van der Waals surface area contributed by atoms with Gasteiger partial charge in [0.15, 0.2) is 0 Å². The van der Waals surface area contributed by atoms with Gasteiger partial charge in [-0.05, 0) is 56.0 Å². The largest absolute Gasteiger partial charge is 0.313 e. The van der Waals surface area contributed by atoms with E-state index in [2.05, 4.69) is 37.9 Å². The summed E-state index contributed by atoms with van der Waals surface area (Å²) in [6.07, 6.45) is 7.04. The van der Waals surface area contributed by atoms with Crippen molar-refractivity contribution in [2.45, 2.75) is 65.8 Å². The van der Waals surface area contributed by atoms with Crippen molar-refractivity contribution in [1.82, 2.24) is 10.2 Å². The van der Waals surface area contributed by atoms with Crippen LogP contribution in [0.1, 0.15) is 59.8 Å². The van der Waals surface area contributed by atoms with Gasteiger partial charge in [-0.15, -0.1) is 0 Å². The molecule has 1 saturated carbocycles. The summed E-state index contributed by atoms with van der Waals surface area (Å²) in [7, 11) is 0. The molecule has 0 aromatic rings. The Kier molecular flexibility index (Phi) is 5.30. The number of hydrogen-bond acceptors (Lipinski definition) is 2. The first-order valence-electron chi connectivity index (χ1n) is 8.52. The molecule has 1 saturated heterocycles. The monoisotopic (exact) mass is 266 g/mol. The second-order valence-electron chi connectivity index (χ2n) is 7.53. The van der Waals surface area contributed by atoms with Crippen molar-refractivity contribution in [2.75, 3.05) is 26.2 Å². The molecule has 0 spiro atoms. The highest BCUT2D eigenvalue weighted by atomic mass is 15.2. The van der Waals surface area contributed by atoms with Gasteiger partial charge >= 0.3 is 0 Å². The van der Waals surface area contributed by atoms with E-state index in [1.807, 2.05) is 0 Å². The highest BCUT2D eigenvalue weighted by Crippen LogP contribution is 2.42. The zero-order valence-corrected chi connectivity index (χ0v) is 13.5. The standard InChI is InChI=1S/C17H34N2/c1-5-7-14-9-11-19(12-14)13-15-8-10-17(3,4)16(15)18-6-2/h14-16,18H,5-13H2,1-4H3. The van der Waals surface area contributed by atoms with Crippen molar-refractivity contribution in [3.05, 3.63) is 0 Å². The molecule has 2 rings (SSSR count). The molecule has 1 heterocycles. The molecular formula is C17H34N2. The van der Waals surface area contributed by atoms with Crippen LogP contribution in [0.4, 0.5) is 0 Å². The molecule has 112 valence electrons. The zero-order chi connectivity index (χ0) is 13.9. The van der Waals surface area contributed by atoms with Crippen molar-refractivity contribution in [2.24, 2.45) is 17.3 Å². The molecule has 3 unspecified atom stereocenters. The zero-order valence-electron chi connectivity index (χ0n) is 13.5. The van der Waals surface area contributed by atoms with Crippen molar-refractivity contribution >= 4 is 0 Å². The summed E-state index contributed by atoms with van der Waals surface area (Å²) in [5.74, 6) is 1.85. The quantitative estimate of drug-likeness (QED) is 0.791. The molecule has 0 amide bonds. The van der Waals surface area contributed by atoms with Crippen molar-refractivity contribution in [3.63, 3.8) is 0 Å². The molecule has 0 aromatic heterocycles. The van der Waals surface area contributed by atoms with E-state index in [0.29, 0.717) is 5.41 Å². The lowest BCUT2D eigenvalue weighted by Crippen LogP contribution is -2.45. The second kappa shape index (κ2) is 6.58. The van der Waals surface area contributed by atoms with Gasteiger partial charge < -0.3 is 10.2 Å². The topological polar surface area (TPSA) is 15.3 Å². The first-order chi connectivity index (χ1) is 9.06. The van der Waals surface area contributed by atoms with E-state index in [0.717, 1.165) is 24.4 Å². The molecule has 3 atom stereocenters. The summed E-state index contributed by atoms with van der Waals surface area (Å²) >= 11 is 0. The fraction of sp³-hybridized carbons (Fsp3) is 1.00. The Morgan fingerprint density at radius 2 is 2.00 bits per heavy atom. The summed E-state index contributed by atoms with van der Waals surface area (Å²) in [6.45, 7) is 14.6. The normalized spacial score (nSPS) is 35.1. The van der Waals surface area contributed by atoms with Crippen LogP contribution < -0.4 is 5.32 Å². The van der Waals surface area contributed by atoms with Crippen molar-refractivity contribution in [3.8, 4) is 0 Å². The van der Waals surface area contributed by atoms with Crippen LogP contribution in [-0.4, -0.2) is 37.1 Å². The van der Waals surface area contributed by atoms with Gasteiger partial charge in [-0.3, -0.25) is 0 Å². The fourth-order valence-electron chi connectivity index (χ4n) is 4.43. The molecule has 0 bridgehead atoms. The van der Waals surface area contributed by atoms with E-state index in [9.17, 15) is 0 Å². The van der Waals surface area contributed by atoms with E-state index < -0.39 is 0 Å². The molecular weight excluding hydrogens is 232 g/mol. The molecule has 2 aliphatic rings. The molecule has 1 aliphatic carbocycles. The van der Waals surface area contributed by atoms with Gasteiger partial charge in [0.1, 0.15) is 0 Å². The highest BCUT2D eigenvalue weighted by Gasteiger charge is 2.42. The Bertz CT molecular complexity index is 274. The number of nitrogens with one attached hydrogen (secondary N) is 1. The summed E-state index contributed by atoms with van der Waals surface area (Å²) < 4.78 is 0. The van der Waals surface area contributed by atoms with E-state index in [-0.39, 0.29) is 0 Å². The summed E-state index contributed by atoms with van der Waals surface area (Å²) in [6, 6.07) is 0.725. The minimum absolute atomic E-state index is 0.489. The maximum Gasteiger partial charge on any atom is 0.0159 e. The average Bonchev–Trinajstić information content (AvgIpc) is 2.89. The minimum atomic E-state index is 0.489. The Hall–Kier alpha value is -0.0800. The highest BCUT2D eigenvalue weighted by molar-refractivity contribution is 4.97. The Morgan fingerprint density at radius 1 is 1.21 bits per heavy atom. The lowest BCUT2D eigenvalue weighted by molar-refractivity contribution is 0.201. The van der Waals surface area contributed by atoms with E-state index in [1.54, 1.807) is 0 Å². The second-order valence-corrected chi connectivity index (χ2v) is 7.53. The Labute approximate surface area is 120 Å². The molecule has 2 fully saturated rings. The van der Waals surface area contributed by atoms with Crippen LogP contribution in [0.15, 0.2) is 0 Å². The first kappa shape index (κ1) is 15.3. The van der Waals surface area contributed by atoms with Gasteiger partial charge in [-0.25, -0.2) is 0 Å². The maximum absolute atomic E-state index is 3.77. The van der Waals surface area contributed by atoms with Crippen molar-refractivity contribution in [1.29, 1.82) is 0 Å². The molecule has 2 nitrogen and oxygen atoms in total. The molecule has 0 radical (unpaired) electrons. The Balaban J connectivity index is 1.85. The smallest absolute Gasteiger partial charge is 0.0159 e. The van der Waals surface area contributed by atoms with Gasteiger partial charge in [0.25, 0.3) is 0 Å². The van der Waals surface area contributed by atoms with E-state index in [1.165, 1.54) is 51.7 Å². The third-order valence-electron chi connectivity index (χ3n) is 5.46. The van der Waals surface area contributed by atoms with Gasteiger partial charge in [-0.2, -0.15) is 0 Å². The predicted molar refractivity (Wildman–Crippen MR) is 83.4 cm³/mol. The van der Waals surface area contributed by atoms with Crippen LogP contribution in [0.2, 0.25) is 0 Å². The fourth-order valence-corrected chi connectivity index (χ4v) is 4.43. The number of likely N-dealkylation sites (tertiary alicyclic amines) is 1. The number of rotatable bonds is 6.